The summed E-state index contributed by atoms with van der Waals surface area (Å²) in [5.74, 6) is 0.641. The van der Waals surface area contributed by atoms with Gasteiger partial charge in [-0.2, -0.15) is 18.6 Å². The van der Waals surface area contributed by atoms with Gasteiger partial charge in [0.25, 0.3) is 0 Å². The number of rotatable bonds is 20. The van der Waals surface area contributed by atoms with E-state index < -0.39 is 0 Å². The SMILES string of the molecule is C.C.C.CC(C)Cc1cccc(-c2[c-]cccc2)n1.Cc1ccccc1-c1ccc(-c2[c-]cccc2)nc1.[CH2-]c1ccccc1-c1ccc(CCc2cc(CCc3ccc(-c4[c-]cccc4)nc3)cc(CCc3ccc(-c4[c-]cccc4)nc3)c2)cn1.[Ir+3].[Ir].[Ir].[c-]1ccc(-c2ccccc2)cc1-c1ccccn1.[c-]1ccccc1-c1ccccn1. The predicted octanol–water partition coefficient (Wildman–Crippen LogP) is 26.9. The maximum Gasteiger partial charge on any atom is 3.00 e. The maximum atomic E-state index is 4.78. The van der Waals surface area contributed by atoms with Gasteiger partial charge in [0.1, 0.15) is 0 Å². The molecule has 0 saturated heterocycles. The van der Waals surface area contributed by atoms with Gasteiger partial charge >= 0.3 is 20.1 Å². The molecule has 10 aromatic carbocycles. The molecule has 0 saturated carbocycles. The fraction of sp³-hybridized carbons (Fsp3) is 0.127. The zero-order valence-corrected chi connectivity index (χ0v) is 72.8. The molecule has 17 rings (SSSR count). The number of aryl methyl sites for hydroxylation is 7. The number of pyridine rings is 7. The maximum absolute atomic E-state index is 4.78. The Balaban J connectivity index is 0.000000230. The molecule has 0 atom stereocenters. The summed E-state index contributed by atoms with van der Waals surface area (Å²) < 4.78 is 0. The Kier molecular flexibility index (Phi) is 40.3. The first-order chi connectivity index (χ1) is 56.2. The molecule has 17 aromatic rings. The molecule has 0 aliphatic heterocycles. The molecular formula is C110H100Ir3N7-4. The molecular weight excluding hydrogens is 2000 g/mol. The normalized spacial score (nSPS) is 10.1. The van der Waals surface area contributed by atoms with Crippen molar-refractivity contribution in [2.45, 2.75) is 88.0 Å². The molecule has 7 heterocycles. The van der Waals surface area contributed by atoms with Gasteiger partial charge in [0.2, 0.25) is 0 Å². The summed E-state index contributed by atoms with van der Waals surface area (Å²) in [5.41, 5.74) is 30.1. The van der Waals surface area contributed by atoms with Gasteiger partial charge in [0.15, 0.2) is 0 Å². The van der Waals surface area contributed by atoms with Crippen LogP contribution in [0.5, 0.6) is 0 Å². The van der Waals surface area contributed by atoms with E-state index in [9.17, 15) is 0 Å². The van der Waals surface area contributed by atoms with Crippen LogP contribution in [0.4, 0.5) is 0 Å². The standard InChI is InChI=1S/C46H38N3.C18H14N.C17H12N.C15H16N.C11H8N.3CH4.3Ir/c1-34-10-8-9-15-43(34)46-27-24-37(33-49-46)18-21-40-29-38(19-16-35-22-25-44(47-31-35)41-11-4-2-5-12-41)28-39(30-40)20-17-36-23-26-45(48-32-36)42-13-6-3-7-14-42;1-14-7-5-6-10-17(14)16-11-12-18(19-13-16)15-8-3-2-4-9-15;1-2-7-14(8-3-1)15-9-6-10-16(13-15)17-11-4-5-12-18-17;1-12(2)11-14-9-6-10-15(16-14)13-7-4-3-5-8-13;1-2-6-10(7-3-1)11-8-4-5-9-12-11;;;;;;/h2-11,13,15,22-33H,1,16-21H2;2-8,10-13H,1H3;1-9,11-13H;3-7,9-10,12H,11H2,1-2H3;1-6,8-9H;3*1H4;;;/q-3;4*-1;;;;;;+3. The van der Waals surface area contributed by atoms with Gasteiger partial charge in [-0.15, -0.1) is 233 Å². The van der Waals surface area contributed by atoms with Crippen molar-refractivity contribution in [2.75, 3.05) is 0 Å². The van der Waals surface area contributed by atoms with E-state index in [0.717, 1.165) is 141 Å². The van der Waals surface area contributed by atoms with Crippen LogP contribution in [0.1, 0.15) is 86.3 Å². The second kappa shape index (κ2) is 50.7. The smallest absolute Gasteiger partial charge is 0.305 e. The molecule has 0 unspecified atom stereocenters. The third-order valence-electron chi connectivity index (χ3n) is 19.1. The third kappa shape index (κ3) is 29.0. The van der Waals surface area contributed by atoms with Crippen LogP contribution in [0, 0.1) is 56.2 Å². The van der Waals surface area contributed by atoms with E-state index in [2.05, 4.69) is 211 Å². The third-order valence-corrected chi connectivity index (χ3v) is 19.1. The first-order valence-electron chi connectivity index (χ1n) is 38.8. The van der Waals surface area contributed by atoms with Crippen LogP contribution in [-0.2, 0) is 105 Å². The van der Waals surface area contributed by atoms with E-state index in [4.69, 9.17) is 15.0 Å². The fourth-order valence-corrected chi connectivity index (χ4v) is 13.1. The van der Waals surface area contributed by atoms with Crippen LogP contribution in [0.25, 0.3) is 101 Å². The van der Waals surface area contributed by atoms with E-state index in [1.54, 1.807) is 12.4 Å². The number of hydrogen-bond donors (Lipinski definition) is 0. The molecule has 0 fully saturated rings. The molecule has 0 aliphatic rings. The summed E-state index contributed by atoms with van der Waals surface area (Å²) >= 11 is 0. The molecule has 0 aliphatic carbocycles. The second-order valence-corrected chi connectivity index (χ2v) is 28.0. The summed E-state index contributed by atoms with van der Waals surface area (Å²) in [4.78, 5) is 32.0. The minimum atomic E-state index is 0. The molecule has 606 valence electrons. The quantitative estimate of drug-likeness (QED) is 0.0702. The van der Waals surface area contributed by atoms with Gasteiger partial charge in [-0.05, 0) is 172 Å². The number of benzene rings is 10. The van der Waals surface area contributed by atoms with Gasteiger partial charge in [-0.1, -0.05) is 194 Å². The van der Waals surface area contributed by atoms with E-state index in [1.807, 2.05) is 237 Å². The molecule has 0 amide bonds. The van der Waals surface area contributed by atoms with E-state index >= 15 is 0 Å². The van der Waals surface area contributed by atoms with Crippen molar-refractivity contribution >= 4 is 0 Å². The van der Waals surface area contributed by atoms with E-state index in [-0.39, 0.29) is 82.6 Å². The molecule has 10 heteroatoms. The van der Waals surface area contributed by atoms with Crippen molar-refractivity contribution in [3.63, 3.8) is 0 Å². The van der Waals surface area contributed by atoms with Gasteiger partial charge in [0.05, 0.1) is 0 Å². The topological polar surface area (TPSA) is 90.2 Å². The van der Waals surface area contributed by atoms with Crippen LogP contribution in [-0.4, -0.2) is 34.9 Å². The first kappa shape index (κ1) is 95.2. The second-order valence-electron chi connectivity index (χ2n) is 28.0. The Morgan fingerprint density at radius 1 is 0.283 bits per heavy atom. The number of nitrogens with zero attached hydrogens (tertiary/aromatic N) is 7. The summed E-state index contributed by atoms with van der Waals surface area (Å²) in [6.07, 6.45) is 18.3. The zero-order valence-electron chi connectivity index (χ0n) is 65.7. The number of hydrogen-bond acceptors (Lipinski definition) is 7. The molecule has 7 nitrogen and oxygen atoms in total. The molecule has 2 radical (unpaired) electrons. The largest absolute Gasteiger partial charge is 3.00 e. The fourth-order valence-electron chi connectivity index (χ4n) is 13.1. The minimum Gasteiger partial charge on any atom is -0.305 e. The molecule has 7 aromatic heterocycles. The Hall–Kier alpha value is -11.9. The summed E-state index contributed by atoms with van der Waals surface area (Å²) in [6.45, 7) is 10.7. The molecule has 0 bridgehead atoms. The summed E-state index contributed by atoms with van der Waals surface area (Å²) in [5, 5.41) is 0. The van der Waals surface area contributed by atoms with Crippen molar-refractivity contribution in [1.29, 1.82) is 0 Å². The van der Waals surface area contributed by atoms with Gasteiger partial charge < -0.3 is 29.9 Å². The Morgan fingerprint density at radius 3 is 1.07 bits per heavy atom. The monoisotopic (exact) mass is 2100 g/mol. The Labute approximate surface area is 754 Å². The Morgan fingerprint density at radius 2 is 0.658 bits per heavy atom. The van der Waals surface area contributed by atoms with Crippen LogP contribution >= 0.6 is 0 Å². The van der Waals surface area contributed by atoms with Crippen molar-refractivity contribution in [2.24, 2.45) is 5.92 Å². The van der Waals surface area contributed by atoms with Crippen molar-refractivity contribution in [3.05, 3.63) is 470 Å². The van der Waals surface area contributed by atoms with Crippen LogP contribution in [0.2, 0.25) is 0 Å². The van der Waals surface area contributed by atoms with E-state index in [1.165, 1.54) is 55.6 Å². The van der Waals surface area contributed by atoms with Crippen LogP contribution in [0.15, 0.2) is 377 Å². The first-order valence-corrected chi connectivity index (χ1v) is 38.8. The summed E-state index contributed by atoms with van der Waals surface area (Å²) in [7, 11) is 0. The van der Waals surface area contributed by atoms with Crippen molar-refractivity contribution in [1.82, 2.24) is 34.9 Å². The van der Waals surface area contributed by atoms with Gasteiger partial charge in [-0.25, -0.2) is 0 Å². The average molecular weight is 2100 g/mol. The predicted molar refractivity (Wildman–Crippen MR) is 488 cm³/mol. The zero-order chi connectivity index (χ0) is 78.1. The van der Waals surface area contributed by atoms with Crippen LogP contribution in [0.3, 0.4) is 0 Å². The Bertz CT molecular complexity index is 5500. The van der Waals surface area contributed by atoms with E-state index in [0.29, 0.717) is 5.92 Å². The van der Waals surface area contributed by atoms with Crippen molar-refractivity contribution < 1.29 is 60.3 Å². The van der Waals surface area contributed by atoms with Crippen molar-refractivity contribution in [3.8, 4) is 101 Å². The van der Waals surface area contributed by atoms with Gasteiger partial charge in [-0.3, -0.25) is 4.98 Å². The average Bonchev–Trinajstić information content (AvgIpc) is 0.824. The minimum absolute atomic E-state index is 0. The molecule has 0 N–H and O–H groups in total. The molecule has 0 spiro atoms. The number of aromatic nitrogens is 7. The molecule has 120 heavy (non-hydrogen) atoms. The summed E-state index contributed by atoms with van der Waals surface area (Å²) in [6, 6.07) is 134. The van der Waals surface area contributed by atoms with Crippen LogP contribution < -0.4 is 0 Å². The van der Waals surface area contributed by atoms with Gasteiger partial charge in [0, 0.05) is 88.8 Å².